The number of carboxylic acid groups (broad SMARTS) is 1. The van der Waals surface area contributed by atoms with Crippen LogP contribution < -0.4 is 10.1 Å². The first-order valence-electron chi connectivity index (χ1n) is 6.93. The monoisotopic (exact) mass is 349 g/mol. The van der Waals surface area contributed by atoms with Gasteiger partial charge < -0.3 is 19.9 Å². The molecule has 0 aromatic heterocycles. The van der Waals surface area contributed by atoms with Gasteiger partial charge in [-0.2, -0.15) is 0 Å². The van der Waals surface area contributed by atoms with Crippen molar-refractivity contribution in [3.8, 4) is 5.75 Å². The van der Waals surface area contributed by atoms with Crippen LogP contribution in [-0.4, -0.2) is 29.1 Å². The van der Waals surface area contributed by atoms with E-state index >= 15 is 0 Å². The van der Waals surface area contributed by atoms with Crippen LogP contribution in [0, 0.1) is 0 Å². The Morgan fingerprint density at radius 1 is 1.21 bits per heavy atom. The Hall–Kier alpha value is -2.45. The molecule has 1 rings (SSSR count). The van der Waals surface area contributed by atoms with Gasteiger partial charge in [0.05, 0.1) is 12.5 Å². The van der Waals surface area contributed by atoms with Crippen LogP contribution in [0.3, 0.4) is 0 Å². The first kappa shape index (κ1) is 19.6. The predicted octanol–water partition coefficient (Wildman–Crippen LogP) is 3.63. The fraction of sp³-hybridized carbons (Fsp3) is 0.467. The first-order chi connectivity index (χ1) is 10.9. The number of rotatable bonds is 5. The second-order valence-electron chi connectivity index (χ2n) is 5.88. The summed E-state index contributed by atoms with van der Waals surface area (Å²) in [4.78, 5) is 22.8. The van der Waals surface area contributed by atoms with E-state index in [0.717, 1.165) is 6.07 Å². The Bertz CT molecular complexity index is 596. The zero-order valence-corrected chi connectivity index (χ0v) is 13.3. The topological polar surface area (TPSA) is 84.9 Å². The van der Waals surface area contributed by atoms with Gasteiger partial charge in [-0.1, -0.05) is 18.2 Å². The maximum Gasteiger partial charge on any atom is 0.573 e. The maximum atomic E-state index is 12.5. The van der Waals surface area contributed by atoms with Crippen LogP contribution in [0.5, 0.6) is 5.75 Å². The van der Waals surface area contributed by atoms with Crippen LogP contribution in [0.25, 0.3) is 0 Å². The molecule has 9 heteroatoms. The van der Waals surface area contributed by atoms with Crippen LogP contribution in [0.4, 0.5) is 18.0 Å². The van der Waals surface area contributed by atoms with Gasteiger partial charge in [0.15, 0.2) is 0 Å². The highest BCUT2D eigenvalue weighted by Gasteiger charge is 2.33. The Morgan fingerprint density at radius 2 is 1.79 bits per heavy atom. The lowest BCUT2D eigenvalue weighted by molar-refractivity contribution is -0.275. The molecule has 134 valence electrons. The van der Waals surface area contributed by atoms with Crippen molar-refractivity contribution in [3.63, 3.8) is 0 Å². The number of carbonyl (C=O) groups is 2. The van der Waals surface area contributed by atoms with E-state index in [-0.39, 0.29) is 5.56 Å². The largest absolute Gasteiger partial charge is 0.573 e. The van der Waals surface area contributed by atoms with Crippen molar-refractivity contribution in [1.82, 2.24) is 5.32 Å². The molecule has 0 aliphatic rings. The average Bonchev–Trinajstić information content (AvgIpc) is 2.33. The van der Waals surface area contributed by atoms with Gasteiger partial charge in [0.1, 0.15) is 11.4 Å². The lowest BCUT2D eigenvalue weighted by atomic mass is 10.0. The summed E-state index contributed by atoms with van der Waals surface area (Å²) < 4.78 is 46.3. The third-order valence-electron chi connectivity index (χ3n) is 2.59. The van der Waals surface area contributed by atoms with Crippen molar-refractivity contribution in [2.24, 2.45) is 0 Å². The molecule has 1 aromatic rings. The van der Waals surface area contributed by atoms with Crippen LogP contribution in [0.15, 0.2) is 24.3 Å². The van der Waals surface area contributed by atoms with Crippen LogP contribution in [-0.2, 0) is 9.53 Å². The molecule has 1 aromatic carbocycles. The highest BCUT2D eigenvalue weighted by molar-refractivity contribution is 5.72. The molecule has 0 unspecified atom stereocenters. The molecule has 1 amide bonds. The normalized spacial score (nSPS) is 13.1. The standard InChI is InChI=1S/C15H18F3NO5/c1-14(2,3)24-13(22)19-10(8-12(20)21)9-6-4-5-7-11(9)23-15(16,17)18/h4-7,10H,8H2,1-3H3,(H,19,22)(H,20,21)/t10-/m1/s1. The molecule has 2 N–H and O–H groups in total. The van der Waals surface area contributed by atoms with Crippen molar-refractivity contribution in [1.29, 1.82) is 0 Å². The summed E-state index contributed by atoms with van der Waals surface area (Å²) in [5.41, 5.74) is -0.970. The van der Waals surface area contributed by atoms with Crippen molar-refractivity contribution >= 4 is 12.1 Å². The lowest BCUT2D eigenvalue weighted by Gasteiger charge is -2.24. The van der Waals surface area contributed by atoms with E-state index in [0.29, 0.717) is 0 Å². The quantitative estimate of drug-likeness (QED) is 0.848. The van der Waals surface area contributed by atoms with Gasteiger partial charge in [-0.3, -0.25) is 4.79 Å². The Morgan fingerprint density at radius 3 is 2.29 bits per heavy atom. The summed E-state index contributed by atoms with van der Waals surface area (Å²) in [7, 11) is 0. The van der Waals surface area contributed by atoms with E-state index in [4.69, 9.17) is 9.84 Å². The van der Waals surface area contributed by atoms with Gasteiger partial charge in [0.2, 0.25) is 0 Å². The van der Waals surface area contributed by atoms with Crippen molar-refractivity contribution < 1.29 is 37.3 Å². The Labute approximate surface area is 136 Å². The summed E-state index contributed by atoms with van der Waals surface area (Å²) >= 11 is 0. The van der Waals surface area contributed by atoms with Gasteiger partial charge in [0.25, 0.3) is 0 Å². The number of amides is 1. The number of nitrogens with one attached hydrogen (secondary N) is 1. The summed E-state index contributed by atoms with van der Waals surface area (Å²) in [6.07, 6.45) is -6.54. The number of benzene rings is 1. The second kappa shape index (κ2) is 7.41. The molecule has 24 heavy (non-hydrogen) atoms. The number of hydrogen-bond donors (Lipinski definition) is 2. The molecule has 1 atom stereocenters. The fourth-order valence-electron chi connectivity index (χ4n) is 1.85. The highest BCUT2D eigenvalue weighted by Crippen LogP contribution is 2.31. The van der Waals surface area contributed by atoms with Gasteiger partial charge in [-0.05, 0) is 26.8 Å². The van der Waals surface area contributed by atoms with Gasteiger partial charge in [-0.25, -0.2) is 4.79 Å². The average molecular weight is 349 g/mol. The predicted molar refractivity (Wildman–Crippen MR) is 77.5 cm³/mol. The molecule has 0 radical (unpaired) electrons. The summed E-state index contributed by atoms with van der Waals surface area (Å²) in [5.74, 6) is -1.90. The Balaban J connectivity index is 3.08. The lowest BCUT2D eigenvalue weighted by Crippen LogP contribution is -2.36. The van der Waals surface area contributed by atoms with E-state index in [1.54, 1.807) is 20.8 Å². The summed E-state index contributed by atoms with van der Waals surface area (Å²) in [6, 6.07) is 3.73. The van der Waals surface area contributed by atoms with Gasteiger partial charge in [-0.15, -0.1) is 13.2 Å². The van der Waals surface area contributed by atoms with E-state index in [1.807, 2.05) is 0 Å². The number of alkyl halides is 3. The molecule has 0 fully saturated rings. The van der Waals surface area contributed by atoms with Gasteiger partial charge in [0, 0.05) is 5.56 Å². The number of carbonyl (C=O) groups excluding carboxylic acids is 1. The van der Waals surface area contributed by atoms with E-state index in [1.165, 1.54) is 18.2 Å². The first-order valence-corrected chi connectivity index (χ1v) is 6.93. The molecule has 0 spiro atoms. The number of ether oxygens (including phenoxy) is 2. The highest BCUT2D eigenvalue weighted by atomic mass is 19.4. The number of hydrogen-bond acceptors (Lipinski definition) is 4. The minimum Gasteiger partial charge on any atom is -0.481 e. The second-order valence-corrected chi connectivity index (χ2v) is 5.88. The molecule has 0 aliphatic carbocycles. The number of aliphatic carboxylic acids is 1. The maximum absolute atomic E-state index is 12.5. The van der Waals surface area contributed by atoms with E-state index < -0.39 is 42.2 Å². The van der Waals surface area contributed by atoms with E-state index in [2.05, 4.69) is 10.1 Å². The zero-order chi connectivity index (χ0) is 18.5. The van der Waals surface area contributed by atoms with Crippen LogP contribution in [0.1, 0.15) is 38.8 Å². The number of halogens is 3. The molecule has 0 saturated heterocycles. The number of para-hydroxylation sites is 1. The molecule has 0 aliphatic heterocycles. The third kappa shape index (κ3) is 7.21. The van der Waals surface area contributed by atoms with Gasteiger partial charge >= 0.3 is 18.4 Å². The van der Waals surface area contributed by atoms with E-state index in [9.17, 15) is 22.8 Å². The molecule has 6 nitrogen and oxygen atoms in total. The number of carboxylic acids is 1. The minimum absolute atomic E-state index is 0.122. The van der Waals surface area contributed by atoms with Crippen LogP contribution in [0.2, 0.25) is 0 Å². The summed E-state index contributed by atoms with van der Waals surface area (Å²) in [5, 5.41) is 11.2. The van der Waals surface area contributed by atoms with Crippen molar-refractivity contribution in [2.45, 2.75) is 45.2 Å². The molecule has 0 heterocycles. The summed E-state index contributed by atoms with van der Waals surface area (Å²) in [6.45, 7) is 4.79. The molecular weight excluding hydrogens is 331 g/mol. The smallest absolute Gasteiger partial charge is 0.481 e. The Kier molecular flexibility index (Phi) is 6.05. The number of alkyl carbamates (subject to hydrolysis) is 1. The fourth-order valence-corrected chi connectivity index (χ4v) is 1.85. The van der Waals surface area contributed by atoms with Crippen molar-refractivity contribution in [2.75, 3.05) is 0 Å². The van der Waals surface area contributed by atoms with Crippen LogP contribution >= 0.6 is 0 Å². The molecule has 0 saturated carbocycles. The minimum atomic E-state index is -4.95. The molecular formula is C15H18F3NO5. The third-order valence-corrected chi connectivity index (χ3v) is 2.59. The SMILES string of the molecule is CC(C)(C)OC(=O)N[C@H](CC(=O)O)c1ccccc1OC(F)(F)F. The van der Waals surface area contributed by atoms with Crippen molar-refractivity contribution in [3.05, 3.63) is 29.8 Å². The zero-order valence-electron chi connectivity index (χ0n) is 13.3. The molecule has 0 bridgehead atoms.